The van der Waals surface area contributed by atoms with Crippen LogP contribution < -0.4 is 4.74 Å². The predicted octanol–water partition coefficient (Wildman–Crippen LogP) is 6.98. The fraction of sp³-hybridized carbons (Fsp3) is 0.758. The molecular formula is C33H53NO6. The highest BCUT2D eigenvalue weighted by atomic mass is 16.5. The van der Waals surface area contributed by atoms with E-state index in [0.717, 1.165) is 82.6 Å². The molecule has 2 aliphatic rings. The summed E-state index contributed by atoms with van der Waals surface area (Å²) >= 11 is 0. The molecule has 1 heterocycles. The van der Waals surface area contributed by atoms with Crippen LogP contribution in [0.2, 0.25) is 0 Å². The summed E-state index contributed by atoms with van der Waals surface area (Å²) in [6, 6.07) is 4.10. The molecule has 40 heavy (non-hydrogen) atoms. The van der Waals surface area contributed by atoms with E-state index in [-0.39, 0.29) is 35.9 Å². The molecule has 7 nitrogen and oxygen atoms in total. The Morgan fingerprint density at radius 3 is 2.48 bits per heavy atom. The average molecular weight is 560 g/mol. The van der Waals surface area contributed by atoms with Crippen LogP contribution in [0.5, 0.6) is 11.5 Å². The third-order valence-electron chi connectivity index (χ3n) is 8.51. The van der Waals surface area contributed by atoms with Crippen LogP contribution in [0.3, 0.4) is 0 Å². The van der Waals surface area contributed by atoms with Crippen LogP contribution in [0.25, 0.3) is 0 Å². The van der Waals surface area contributed by atoms with Crippen molar-refractivity contribution in [3.05, 3.63) is 23.3 Å². The molecule has 226 valence electrons. The number of aliphatic hydroxyl groups is 1. The standard InChI is InChI=1S/C33H53NO6/c1-4-6-8-12-27-17-19-32(37)34(27)23-26-20-25(21-31(33(26)38)40-29-14-10-11-15-29)16-18-30(39-24(3)35)22-28(36)13-9-7-5-2/h20-21,27-30,36,38H,4-19,22-23H2,1-3H3/t27-,28-,30+/m0/s1. The van der Waals surface area contributed by atoms with E-state index in [2.05, 4.69) is 13.8 Å². The Kier molecular flexibility index (Phi) is 13.6. The molecule has 3 atom stereocenters. The van der Waals surface area contributed by atoms with Gasteiger partial charge in [0.1, 0.15) is 6.10 Å². The first-order chi connectivity index (χ1) is 19.3. The van der Waals surface area contributed by atoms with E-state index in [4.69, 9.17) is 9.47 Å². The van der Waals surface area contributed by atoms with Crippen LogP contribution in [0.1, 0.15) is 135 Å². The van der Waals surface area contributed by atoms with Gasteiger partial charge in [-0.1, -0.05) is 58.4 Å². The SMILES string of the molecule is CCCCC[C@H](O)C[C@@H](CCc1cc(CN2C(=O)CC[C@@H]2CCCCC)c(O)c(OC2CCCC2)c1)OC(C)=O. The number of benzene rings is 1. The molecule has 0 radical (unpaired) electrons. The molecule has 2 N–H and O–H groups in total. The monoisotopic (exact) mass is 559 g/mol. The van der Waals surface area contributed by atoms with Crippen molar-refractivity contribution in [3.8, 4) is 11.5 Å². The molecule has 0 unspecified atom stereocenters. The molecule has 1 aliphatic heterocycles. The first kappa shape index (κ1) is 32.2. The number of aryl methyl sites for hydroxylation is 1. The van der Waals surface area contributed by atoms with Gasteiger partial charge in [-0.05, 0) is 69.4 Å². The number of carbonyl (C=O) groups is 2. The van der Waals surface area contributed by atoms with Gasteiger partial charge in [0.15, 0.2) is 11.5 Å². The van der Waals surface area contributed by atoms with E-state index in [1.54, 1.807) is 0 Å². The summed E-state index contributed by atoms with van der Waals surface area (Å²) in [5.74, 6) is 0.420. The van der Waals surface area contributed by atoms with Gasteiger partial charge in [-0.3, -0.25) is 9.59 Å². The lowest BCUT2D eigenvalue weighted by atomic mass is 9.98. The fourth-order valence-electron chi connectivity index (χ4n) is 6.23. The van der Waals surface area contributed by atoms with Crippen LogP contribution in [0.4, 0.5) is 0 Å². The van der Waals surface area contributed by atoms with Gasteiger partial charge in [-0.2, -0.15) is 0 Å². The first-order valence-corrected chi connectivity index (χ1v) is 16.0. The topological polar surface area (TPSA) is 96.3 Å². The Morgan fingerprint density at radius 1 is 1.05 bits per heavy atom. The number of aliphatic hydroxyl groups excluding tert-OH is 1. The van der Waals surface area contributed by atoms with Gasteiger partial charge in [0.25, 0.3) is 0 Å². The van der Waals surface area contributed by atoms with Gasteiger partial charge in [0.2, 0.25) is 5.91 Å². The van der Waals surface area contributed by atoms with Crippen LogP contribution in [0, 0.1) is 0 Å². The van der Waals surface area contributed by atoms with E-state index < -0.39 is 6.10 Å². The van der Waals surface area contributed by atoms with Crippen molar-refractivity contribution in [3.63, 3.8) is 0 Å². The van der Waals surface area contributed by atoms with Crippen molar-refractivity contribution < 1.29 is 29.3 Å². The molecule has 1 amide bonds. The number of unbranched alkanes of at least 4 members (excludes halogenated alkanes) is 4. The smallest absolute Gasteiger partial charge is 0.302 e. The summed E-state index contributed by atoms with van der Waals surface area (Å²) in [6.45, 7) is 6.11. The zero-order chi connectivity index (χ0) is 28.9. The average Bonchev–Trinajstić information content (AvgIpc) is 3.55. The minimum absolute atomic E-state index is 0.0938. The Labute approximate surface area is 241 Å². The number of carbonyl (C=O) groups excluding carboxylic acids is 2. The van der Waals surface area contributed by atoms with Gasteiger partial charge in [-0.25, -0.2) is 0 Å². The molecule has 1 aromatic rings. The maximum absolute atomic E-state index is 12.8. The number of likely N-dealkylation sites (tertiary alicyclic amines) is 1. The number of hydrogen-bond donors (Lipinski definition) is 2. The second kappa shape index (κ2) is 16.9. The highest BCUT2D eigenvalue weighted by Crippen LogP contribution is 2.38. The minimum atomic E-state index is -0.502. The number of aromatic hydroxyl groups is 1. The fourth-order valence-corrected chi connectivity index (χ4v) is 6.23. The van der Waals surface area contributed by atoms with Crippen LogP contribution >= 0.6 is 0 Å². The van der Waals surface area contributed by atoms with Crippen molar-refractivity contribution >= 4 is 11.9 Å². The van der Waals surface area contributed by atoms with Gasteiger partial charge in [0, 0.05) is 37.9 Å². The summed E-state index contributed by atoms with van der Waals surface area (Å²) in [7, 11) is 0. The largest absolute Gasteiger partial charge is 0.504 e. The normalized spacial score (nSPS) is 19.2. The maximum Gasteiger partial charge on any atom is 0.302 e. The van der Waals surface area contributed by atoms with Crippen LogP contribution in [-0.4, -0.2) is 51.3 Å². The van der Waals surface area contributed by atoms with Gasteiger partial charge >= 0.3 is 5.97 Å². The highest BCUT2D eigenvalue weighted by molar-refractivity contribution is 5.79. The summed E-state index contributed by atoms with van der Waals surface area (Å²) in [5.41, 5.74) is 1.69. The second-order valence-electron chi connectivity index (χ2n) is 12.0. The molecule has 0 aromatic heterocycles. The van der Waals surface area contributed by atoms with Gasteiger partial charge in [0.05, 0.1) is 12.2 Å². The van der Waals surface area contributed by atoms with Crippen molar-refractivity contribution in [2.45, 2.75) is 161 Å². The van der Waals surface area contributed by atoms with Crippen LogP contribution in [-0.2, 0) is 27.3 Å². The highest BCUT2D eigenvalue weighted by Gasteiger charge is 2.32. The van der Waals surface area contributed by atoms with E-state index in [0.29, 0.717) is 50.0 Å². The molecule has 1 saturated heterocycles. The third kappa shape index (κ3) is 10.3. The maximum atomic E-state index is 12.8. The zero-order valence-corrected chi connectivity index (χ0v) is 25.2. The first-order valence-electron chi connectivity index (χ1n) is 16.0. The molecular weight excluding hydrogens is 506 g/mol. The summed E-state index contributed by atoms with van der Waals surface area (Å²) in [5, 5.41) is 21.8. The Balaban J connectivity index is 1.77. The van der Waals surface area contributed by atoms with Crippen LogP contribution in [0.15, 0.2) is 12.1 Å². The molecule has 1 aromatic carbocycles. The van der Waals surface area contributed by atoms with Crippen molar-refractivity contribution in [2.75, 3.05) is 0 Å². The predicted molar refractivity (Wildman–Crippen MR) is 157 cm³/mol. The lowest BCUT2D eigenvalue weighted by molar-refractivity contribution is -0.148. The number of ether oxygens (including phenoxy) is 2. The summed E-state index contributed by atoms with van der Waals surface area (Å²) in [6.07, 6.45) is 14.7. The van der Waals surface area contributed by atoms with E-state index >= 15 is 0 Å². The number of phenolic OH excluding ortho intramolecular Hbond substituents is 1. The van der Waals surface area contributed by atoms with Gasteiger partial charge in [-0.15, -0.1) is 0 Å². The number of esters is 1. The number of nitrogens with zero attached hydrogens (tertiary/aromatic N) is 1. The molecule has 1 saturated carbocycles. The number of rotatable bonds is 18. The van der Waals surface area contributed by atoms with E-state index in [9.17, 15) is 19.8 Å². The number of hydrogen-bond acceptors (Lipinski definition) is 6. The second-order valence-corrected chi connectivity index (χ2v) is 12.0. The van der Waals surface area contributed by atoms with Crippen molar-refractivity contribution in [1.29, 1.82) is 0 Å². The lowest BCUT2D eigenvalue weighted by Crippen LogP contribution is -2.32. The molecule has 2 fully saturated rings. The molecule has 0 spiro atoms. The van der Waals surface area contributed by atoms with E-state index in [1.807, 2.05) is 17.0 Å². The number of phenols is 1. The Morgan fingerprint density at radius 2 is 1.77 bits per heavy atom. The third-order valence-corrected chi connectivity index (χ3v) is 8.51. The van der Waals surface area contributed by atoms with Gasteiger partial charge < -0.3 is 24.6 Å². The number of amides is 1. The molecule has 7 heteroatoms. The minimum Gasteiger partial charge on any atom is -0.504 e. The lowest BCUT2D eigenvalue weighted by Gasteiger charge is -2.27. The van der Waals surface area contributed by atoms with E-state index in [1.165, 1.54) is 6.92 Å². The van der Waals surface area contributed by atoms with Crippen molar-refractivity contribution in [1.82, 2.24) is 4.90 Å². The quantitative estimate of drug-likeness (QED) is 0.149. The Bertz CT molecular complexity index is 928. The Hall–Kier alpha value is -2.28. The zero-order valence-electron chi connectivity index (χ0n) is 25.2. The molecule has 3 rings (SSSR count). The molecule has 0 bridgehead atoms. The molecule has 1 aliphatic carbocycles. The van der Waals surface area contributed by atoms with Crippen molar-refractivity contribution in [2.24, 2.45) is 0 Å². The summed E-state index contributed by atoms with van der Waals surface area (Å²) in [4.78, 5) is 26.6. The summed E-state index contributed by atoms with van der Waals surface area (Å²) < 4.78 is 11.9.